The van der Waals surface area contributed by atoms with Gasteiger partial charge in [0.25, 0.3) is 0 Å². The van der Waals surface area contributed by atoms with E-state index < -0.39 is 5.60 Å². The summed E-state index contributed by atoms with van der Waals surface area (Å²) in [5.74, 6) is 1.93. The molecule has 1 atom stereocenters. The lowest BCUT2D eigenvalue weighted by Gasteiger charge is -2.22. The Bertz CT molecular complexity index is 928. The lowest BCUT2D eigenvalue weighted by Crippen LogP contribution is -2.44. The van der Waals surface area contributed by atoms with Crippen LogP contribution >= 0.6 is 0 Å². The van der Waals surface area contributed by atoms with Crippen molar-refractivity contribution in [1.29, 1.82) is 0 Å². The molecular formula is C22H29N5O2. The monoisotopic (exact) mass is 395 g/mol. The standard InChI is InChI=1S/C22H29N5O2/c1-4-23-21(25-16-22(3,28)20-11-10-17(2)29-20)24-12-19-13-26-27(15-19)14-18-8-6-5-7-9-18/h5-11,13,15,28H,4,12,14,16H2,1-3H3,(H2,23,24,25). The summed E-state index contributed by atoms with van der Waals surface area (Å²) in [7, 11) is 0. The van der Waals surface area contributed by atoms with E-state index in [1.165, 1.54) is 5.56 Å². The first-order valence-electron chi connectivity index (χ1n) is 9.83. The lowest BCUT2D eigenvalue weighted by molar-refractivity contribution is 0.0378. The molecule has 154 valence electrons. The van der Waals surface area contributed by atoms with E-state index in [2.05, 4.69) is 32.9 Å². The Morgan fingerprint density at radius 2 is 1.97 bits per heavy atom. The largest absolute Gasteiger partial charge is 0.463 e. The molecule has 29 heavy (non-hydrogen) atoms. The zero-order valence-electron chi connectivity index (χ0n) is 17.2. The van der Waals surface area contributed by atoms with Crippen LogP contribution in [-0.4, -0.2) is 33.9 Å². The highest BCUT2D eigenvalue weighted by Crippen LogP contribution is 2.21. The molecule has 1 unspecified atom stereocenters. The molecule has 0 fully saturated rings. The van der Waals surface area contributed by atoms with Crippen molar-refractivity contribution in [3.05, 3.63) is 77.5 Å². The van der Waals surface area contributed by atoms with E-state index in [9.17, 15) is 5.11 Å². The van der Waals surface area contributed by atoms with Gasteiger partial charge >= 0.3 is 0 Å². The number of aromatic nitrogens is 2. The predicted octanol–water partition coefficient (Wildman–Crippen LogP) is 2.80. The van der Waals surface area contributed by atoms with E-state index in [-0.39, 0.29) is 6.54 Å². The van der Waals surface area contributed by atoms with Gasteiger partial charge in [0.1, 0.15) is 17.1 Å². The Morgan fingerprint density at radius 1 is 1.17 bits per heavy atom. The molecule has 2 heterocycles. The summed E-state index contributed by atoms with van der Waals surface area (Å²) in [6.07, 6.45) is 3.83. The minimum atomic E-state index is -1.13. The van der Waals surface area contributed by atoms with E-state index >= 15 is 0 Å². The van der Waals surface area contributed by atoms with Crippen LogP contribution in [0.2, 0.25) is 0 Å². The first kappa shape index (κ1) is 20.7. The Balaban J connectivity index is 1.59. The molecule has 0 radical (unpaired) electrons. The molecule has 0 amide bonds. The molecule has 0 aliphatic heterocycles. The molecule has 0 aliphatic carbocycles. The van der Waals surface area contributed by atoms with E-state index in [1.54, 1.807) is 13.0 Å². The zero-order valence-corrected chi connectivity index (χ0v) is 17.2. The number of hydrogen-bond donors (Lipinski definition) is 3. The van der Waals surface area contributed by atoms with Crippen LogP contribution in [0.25, 0.3) is 0 Å². The number of rotatable bonds is 8. The average molecular weight is 396 g/mol. The third-order valence-corrected chi connectivity index (χ3v) is 4.51. The molecule has 3 N–H and O–H groups in total. The van der Waals surface area contributed by atoms with Crippen LogP contribution in [0.5, 0.6) is 0 Å². The van der Waals surface area contributed by atoms with Crippen molar-refractivity contribution in [2.24, 2.45) is 4.99 Å². The summed E-state index contributed by atoms with van der Waals surface area (Å²) in [5.41, 5.74) is 1.09. The van der Waals surface area contributed by atoms with Crippen molar-refractivity contribution < 1.29 is 9.52 Å². The molecule has 3 rings (SSSR count). The number of aliphatic hydroxyl groups is 1. The molecule has 0 spiro atoms. The summed E-state index contributed by atoms with van der Waals surface area (Å²) in [4.78, 5) is 4.61. The number of hydrogen-bond acceptors (Lipinski definition) is 4. The smallest absolute Gasteiger partial charge is 0.191 e. The zero-order chi connectivity index (χ0) is 20.7. The van der Waals surface area contributed by atoms with E-state index in [1.807, 2.05) is 55.2 Å². The molecule has 7 nitrogen and oxygen atoms in total. The average Bonchev–Trinajstić information content (AvgIpc) is 3.34. The second-order valence-electron chi connectivity index (χ2n) is 7.26. The van der Waals surface area contributed by atoms with Crippen LogP contribution in [0.1, 0.15) is 36.5 Å². The maximum Gasteiger partial charge on any atom is 0.191 e. The number of aryl methyl sites for hydroxylation is 1. The summed E-state index contributed by atoms with van der Waals surface area (Å²) >= 11 is 0. The first-order chi connectivity index (χ1) is 14.0. The summed E-state index contributed by atoms with van der Waals surface area (Å²) < 4.78 is 7.47. The fourth-order valence-corrected chi connectivity index (χ4v) is 2.92. The molecule has 0 bridgehead atoms. The number of aliphatic imine (C=N–C) groups is 1. The van der Waals surface area contributed by atoms with Crippen LogP contribution < -0.4 is 10.6 Å². The van der Waals surface area contributed by atoms with Crippen molar-refractivity contribution >= 4 is 5.96 Å². The molecule has 0 saturated heterocycles. The highest BCUT2D eigenvalue weighted by Gasteiger charge is 2.27. The summed E-state index contributed by atoms with van der Waals surface area (Å²) in [5, 5.41) is 21.5. The summed E-state index contributed by atoms with van der Waals surface area (Å²) in [6, 6.07) is 13.9. The fourth-order valence-electron chi connectivity index (χ4n) is 2.92. The van der Waals surface area contributed by atoms with Gasteiger partial charge < -0.3 is 20.2 Å². The predicted molar refractivity (Wildman–Crippen MR) is 114 cm³/mol. The fraction of sp³-hybridized carbons (Fsp3) is 0.364. The number of furan rings is 1. The van der Waals surface area contributed by atoms with Crippen LogP contribution in [0.15, 0.2) is 64.3 Å². The SMILES string of the molecule is CCNC(=NCc1cnn(Cc2ccccc2)c1)NCC(C)(O)c1ccc(C)o1. The van der Waals surface area contributed by atoms with Crippen LogP contribution in [0.4, 0.5) is 0 Å². The maximum absolute atomic E-state index is 10.7. The van der Waals surface area contributed by atoms with Crippen LogP contribution in [0, 0.1) is 6.92 Å². The van der Waals surface area contributed by atoms with Crippen molar-refractivity contribution in [2.45, 2.75) is 39.5 Å². The van der Waals surface area contributed by atoms with Gasteiger partial charge in [0.2, 0.25) is 0 Å². The normalized spacial score (nSPS) is 13.9. The van der Waals surface area contributed by atoms with Crippen molar-refractivity contribution in [2.75, 3.05) is 13.1 Å². The van der Waals surface area contributed by atoms with Gasteiger partial charge in [0.15, 0.2) is 5.96 Å². The maximum atomic E-state index is 10.7. The van der Waals surface area contributed by atoms with Crippen molar-refractivity contribution in [1.82, 2.24) is 20.4 Å². The third kappa shape index (κ3) is 5.96. The molecule has 0 saturated carbocycles. The number of benzene rings is 1. The third-order valence-electron chi connectivity index (χ3n) is 4.51. The Hall–Kier alpha value is -3.06. The van der Waals surface area contributed by atoms with Crippen molar-refractivity contribution in [3.63, 3.8) is 0 Å². The molecule has 1 aromatic carbocycles. The van der Waals surface area contributed by atoms with Crippen LogP contribution in [0.3, 0.4) is 0 Å². The highest BCUT2D eigenvalue weighted by molar-refractivity contribution is 5.79. The molecule has 0 aliphatic rings. The Labute approximate surface area is 171 Å². The second kappa shape index (κ2) is 9.43. The number of nitrogens with one attached hydrogen (secondary N) is 2. The second-order valence-corrected chi connectivity index (χ2v) is 7.26. The van der Waals surface area contributed by atoms with Gasteiger partial charge in [-0.2, -0.15) is 5.10 Å². The van der Waals surface area contributed by atoms with Gasteiger partial charge in [-0.05, 0) is 38.5 Å². The Morgan fingerprint density at radius 3 is 2.66 bits per heavy atom. The van der Waals surface area contributed by atoms with Crippen LogP contribution in [-0.2, 0) is 18.7 Å². The number of nitrogens with zero attached hydrogens (tertiary/aromatic N) is 3. The Kier molecular flexibility index (Phi) is 6.72. The molecule has 7 heteroatoms. The molecule has 2 aromatic heterocycles. The highest BCUT2D eigenvalue weighted by atomic mass is 16.4. The molecular weight excluding hydrogens is 366 g/mol. The minimum absolute atomic E-state index is 0.277. The van der Waals surface area contributed by atoms with Gasteiger partial charge in [-0.25, -0.2) is 4.99 Å². The molecule has 3 aromatic rings. The van der Waals surface area contributed by atoms with Crippen molar-refractivity contribution in [3.8, 4) is 0 Å². The van der Waals surface area contributed by atoms with E-state index in [0.717, 1.165) is 24.4 Å². The minimum Gasteiger partial charge on any atom is -0.463 e. The van der Waals surface area contributed by atoms with E-state index in [0.29, 0.717) is 18.3 Å². The van der Waals surface area contributed by atoms with Gasteiger partial charge in [-0.15, -0.1) is 0 Å². The number of guanidine groups is 1. The summed E-state index contributed by atoms with van der Waals surface area (Å²) in [6.45, 7) is 7.80. The topological polar surface area (TPSA) is 87.6 Å². The van der Waals surface area contributed by atoms with Gasteiger partial charge in [0, 0.05) is 18.3 Å². The lowest BCUT2D eigenvalue weighted by atomic mass is 10.0. The van der Waals surface area contributed by atoms with Gasteiger partial charge in [-0.3, -0.25) is 4.68 Å². The van der Waals surface area contributed by atoms with E-state index in [4.69, 9.17) is 4.42 Å². The van der Waals surface area contributed by atoms with Gasteiger partial charge in [-0.1, -0.05) is 30.3 Å². The first-order valence-corrected chi connectivity index (χ1v) is 9.83. The quantitative estimate of drug-likeness (QED) is 0.403. The van der Waals surface area contributed by atoms with Gasteiger partial charge in [0.05, 0.1) is 25.8 Å².